The summed E-state index contributed by atoms with van der Waals surface area (Å²) in [5, 5.41) is 2.93. The zero-order valence-corrected chi connectivity index (χ0v) is 13.9. The molecule has 6 heteroatoms. The number of imidazole rings is 1. The van der Waals surface area contributed by atoms with Gasteiger partial charge in [0.25, 0.3) is 0 Å². The van der Waals surface area contributed by atoms with E-state index in [2.05, 4.69) is 21.2 Å². The zero-order chi connectivity index (χ0) is 17.9. The summed E-state index contributed by atoms with van der Waals surface area (Å²) in [7, 11) is 0. The van der Waals surface area contributed by atoms with Crippen LogP contribution in [0, 0.1) is 12.3 Å². The average molecular weight is 344 g/mol. The Labute approximate surface area is 150 Å². The summed E-state index contributed by atoms with van der Waals surface area (Å²) in [6, 6.07) is 11.4. The van der Waals surface area contributed by atoms with Crippen LogP contribution >= 0.6 is 0 Å². The number of anilines is 1. The molecule has 128 valence electrons. The van der Waals surface area contributed by atoms with Gasteiger partial charge in [-0.05, 0) is 29.8 Å². The Morgan fingerprint density at radius 2 is 2.15 bits per heavy atom. The van der Waals surface area contributed by atoms with Gasteiger partial charge in [0.1, 0.15) is 24.5 Å². The van der Waals surface area contributed by atoms with Gasteiger partial charge in [0, 0.05) is 18.5 Å². The zero-order valence-electron chi connectivity index (χ0n) is 13.9. The fraction of sp³-hybridized carbons (Fsp3) is 0.150. The number of nitrogens with zero attached hydrogens (tertiary/aromatic N) is 3. The predicted molar refractivity (Wildman–Crippen MR) is 97.2 cm³/mol. The minimum Gasteiger partial charge on any atom is -0.481 e. The topological polar surface area (TPSA) is 69.0 Å². The fourth-order valence-corrected chi connectivity index (χ4v) is 3.10. The normalized spacial score (nSPS) is 15.7. The van der Waals surface area contributed by atoms with Gasteiger partial charge >= 0.3 is 0 Å². The van der Waals surface area contributed by atoms with E-state index in [1.165, 1.54) is 0 Å². The molecule has 1 aliphatic heterocycles. The number of rotatable bonds is 4. The predicted octanol–water partition coefficient (Wildman–Crippen LogP) is 2.75. The summed E-state index contributed by atoms with van der Waals surface area (Å²) in [6.45, 7) is 0.227. The number of carbonyl (C=O) groups excluding carboxylic acids is 1. The van der Waals surface area contributed by atoms with Gasteiger partial charge in [0.2, 0.25) is 5.91 Å². The van der Waals surface area contributed by atoms with Gasteiger partial charge in [0.15, 0.2) is 0 Å². The van der Waals surface area contributed by atoms with Crippen molar-refractivity contribution < 1.29 is 9.53 Å². The largest absolute Gasteiger partial charge is 0.481 e. The second-order valence-electron chi connectivity index (χ2n) is 5.93. The molecule has 3 heterocycles. The molecule has 0 aliphatic carbocycles. The highest BCUT2D eigenvalue weighted by molar-refractivity contribution is 5.94. The number of fused-ring (bicyclic) bond motifs is 1. The smallest absolute Gasteiger partial charge is 0.226 e. The number of amides is 1. The number of hydrogen-bond donors (Lipinski definition) is 1. The second kappa shape index (κ2) is 6.73. The van der Waals surface area contributed by atoms with Crippen molar-refractivity contribution >= 4 is 11.7 Å². The Bertz CT molecular complexity index is 971. The number of ether oxygens (including phenoxy) is 1. The van der Waals surface area contributed by atoms with E-state index in [0.717, 1.165) is 16.9 Å². The SMILES string of the molecule is C#CCOc1ccc([C@H]2CC(=O)Nc3c2ncn3-c2cccnc2)cc1. The summed E-state index contributed by atoms with van der Waals surface area (Å²) in [4.78, 5) is 21.0. The molecule has 6 nitrogen and oxygen atoms in total. The van der Waals surface area contributed by atoms with E-state index in [9.17, 15) is 4.79 Å². The maximum atomic E-state index is 12.3. The lowest BCUT2D eigenvalue weighted by molar-refractivity contribution is -0.116. The lowest BCUT2D eigenvalue weighted by Gasteiger charge is -2.23. The average Bonchev–Trinajstić information content (AvgIpc) is 3.10. The Hall–Kier alpha value is -3.59. The standard InChI is InChI=1S/C20H16N4O2/c1-2-10-26-16-7-5-14(6-8-16)17-11-18(25)23-20-19(17)22-13-24(20)15-4-3-9-21-12-15/h1,3-9,12-13,17H,10-11H2,(H,23,25)/t17-/m1/s1. The van der Waals surface area contributed by atoms with Gasteiger partial charge in [-0.3, -0.25) is 14.3 Å². The molecule has 3 aromatic rings. The van der Waals surface area contributed by atoms with Gasteiger partial charge in [0.05, 0.1) is 17.6 Å². The molecule has 0 fully saturated rings. The Morgan fingerprint density at radius 1 is 1.31 bits per heavy atom. The number of benzene rings is 1. The molecular weight excluding hydrogens is 328 g/mol. The molecule has 2 aromatic heterocycles. The van der Waals surface area contributed by atoms with E-state index in [1.54, 1.807) is 18.7 Å². The Balaban J connectivity index is 1.69. The molecule has 0 spiro atoms. The van der Waals surface area contributed by atoms with Crippen LogP contribution < -0.4 is 10.1 Å². The van der Waals surface area contributed by atoms with Crippen LogP contribution in [0.25, 0.3) is 5.69 Å². The highest BCUT2D eigenvalue weighted by Crippen LogP contribution is 2.37. The highest BCUT2D eigenvalue weighted by atomic mass is 16.5. The summed E-state index contributed by atoms with van der Waals surface area (Å²) >= 11 is 0. The van der Waals surface area contributed by atoms with Crippen LogP contribution in [0.3, 0.4) is 0 Å². The molecule has 1 atom stereocenters. The first-order valence-corrected chi connectivity index (χ1v) is 8.20. The molecule has 4 rings (SSSR count). The molecule has 0 saturated carbocycles. The van der Waals surface area contributed by atoms with E-state index in [-0.39, 0.29) is 18.4 Å². The molecule has 0 bridgehead atoms. The number of aromatic nitrogens is 3. The van der Waals surface area contributed by atoms with Crippen LogP contribution in [0.5, 0.6) is 5.75 Å². The van der Waals surface area contributed by atoms with E-state index in [4.69, 9.17) is 11.2 Å². The van der Waals surface area contributed by atoms with Crippen molar-refractivity contribution in [3.8, 4) is 23.8 Å². The number of nitrogens with one attached hydrogen (secondary N) is 1. The fourth-order valence-electron chi connectivity index (χ4n) is 3.10. The van der Waals surface area contributed by atoms with E-state index < -0.39 is 0 Å². The number of hydrogen-bond acceptors (Lipinski definition) is 4. The van der Waals surface area contributed by atoms with Crippen molar-refractivity contribution in [1.82, 2.24) is 14.5 Å². The second-order valence-corrected chi connectivity index (χ2v) is 5.93. The van der Waals surface area contributed by atoms with E-state index in [0.29, 0.717) is 18.0 Å². The third-order valence-electron chi connectivity index (χ3n) is 4.30. The van der Waals surface area contributed by atoms with Gasteiger partial charge in [-0.15, -0.1) is 6.42 Å². The van der Waals surface area contributed by atoms with Crippen LogP contribution in [-0.4, -0.2) is 27.0 Å². The monoisotopic (exact) mass is 344 g/mol. The van der Waals surface area contributed by atoms with Crippen molar-refractivity contribution in [3.05, 3.63) is 66.4 Å². The minimum atomic E-state index is -0.113. The summed E-state index contributed by atoms with van der Waals surface area (Å²) in [5.74, 6) is 3.67. The first kappa shape index (κ1) is 15.9. The first-order valence-electron chi connectivity index (χ1n) is 8.20. The third kappa shape index (κ3) is 2.91. The maximum absolute atomic E-state index is 12.3. The molecule has 0 saturated heterocycles. The number of pyridine rings is 1. The molecular formula is C20H16N4O2. The first-order chi connectivity index (χ1) is 12.8. The van der Waals surface area contributed by atoms with Gasteiger partial charge < -0.3 is 10.1 Å². The van der Waals surface area contributed by atoms with Crippen LogP contribution in [0.1, 0.15) is 23.6 Å². The highest BCUT2D eigenvalue weighted by Gasteiger charge is 2.31. The molecule has 1 amide bonds. The molecule has 1 aliphatic rings. The van der Waals surface area contributed by atoms with Crippen molar-refractivity contribution in [2.75, 3.05) is 11.9 Å². The molecule has 0 unspecified atom stereocenters. The van der Waals surface area contributed by atoms with Gasteiger partial charge in [-0.25, -0.2) is 4.98 Å². The Morgan fingerprint density at radius 3 is 2.88 bits per heavy atom. The van der Waals surface area contributed by atoms with Crippen LogP contribution in [-0.2, 0) is 4.79 Å². The minimum absolute atomic E-state index is 0.0409. The summed E-state index contributed by atoms with van der Waals surface area (Å²) in [5.41, 5.74) is 2.69. The van der Waals surface area contributed by atoms with Crippen molar-refractivity contribution in [1.29, 1.82) is 0 Å². The molecule has 1 aromatic carbocycles. The van der Waals surface area contributed by atoms with Crippen molar-refractivity contribution in [3.63, 3.8) is 0 Å². The van der Waals surface area contributed by atoms with E-state index in [1.807, 2.05) is 41.0 Å². The van der Waals surface area contributed by atoms with Crippen molar-refractivity contribution in [2.45, 2.75) is 12.3 Å². The van der Waals surface area contributed by atoms with Gasteiger partial charge in [-0.1, -0.05) is 18.1 Å². The Kier molecular flexibility index (Phi) is 4.12. The molecule has 26 heavy (non-hydrogen) atoms. The summed E-state index contributed by atoms with van der Waals surface area (Å²) in [6.07, 6.45) is 10.7. The lowest BCUT2D eigenvalue weighted by atomic mass is 9.90. The maximum Gasteiger partial charge on any atom is 0.226 e. The third-order valence-corrected chi connectivity index (χ3v) is 4.30. The lowest BCUT2D eigenvalue weighted by Crippen LogP contribution is -2.24. The molecule has 1 N–H and O–H groups in total. The quantitative estimate of drug-likeness (QED) is 0.739. The number of carbonyl (C=O) groups is 1. The number of terminal acetylenes is 1. The van der Waals surface area contributed by atoms with E-state index >= 15 is 0 Å². The van der Waals surface area contributed by atoms with Gasteiger partial charge in [-0.2, -0.15) is 0 Å². The van der Waals surface area contributed by atoms with Crippen LogP contribution in [0.15, 0.2) is 55.1 Å². The van der Waals surface area contributed by atoms with Crippen molar-refractivity contribution in [2.24, 2.45) is 0 Å². The van der Waals surface area contributed by atoms with Crippen LogP contribution in [0.4, 0.5) is 5.82 Å². The summed E-state index contributed by atoms with van der Waals surface area (Å²) < 4.78 is 7.25. The van der Waals surface area contributed by atoms with Crippen LogP contribution in [0.2, 0.25) is 0 Å². The molecule has 0 radical (unpaired) electrons.